The summed E-state index contributed by atoms with van der Waals surface area (Å²) < 4.78 is 12.0. The predicted octanol–water partition coefficient (Wildman–Crippen LogP) is 5.62. The van der Waals surface area contributed by atoms with Crippen LogP contribution in [-0.4, -0.2) is 23.5 Å². The van der Waals surface area contributed by atoms with Crippen LogP contribution in [0.25, 0.3) is 0 Å². The lowest BCUT2D eigenvalue weighted by Gasteiger charge is -2.39. The van der Waals surface area contributed by atoms with Crippen LogP contribution in [0.1, 0.15) is 55.9 Å². The first-order valence-corrected chi connectivity index (χ1v) is 11.1. The maximum atomic E-state index is 13.5. The van der Waals surface area contributed by atoms with Gasteiger partial charge in [0.15, 0.2) is 0 Å². The zero-order valence-corrected chi connectivity index (χ0v) is 20.0. The van der Waals surface area contributed by atoms with Gasteiger partial charge in [0.25, 0.3) is 0 Å². The van der Waals surface area contributed by atoms with E-state index in [-0.39, 0.29) is 24.3 Å². The maximum absolute atomic E-state index is 13.5. The van der Waals surface area contributed by atoms with Crippen molar-refractivity contribution in [2.45, 2.75) is 72.4 Å². The van der Waals surface area contributed by atoms with Crippen LogP contribution in [0.15, 0.2) is 43.0 Å². The summed E-state index contributed by atoms with van der Waals surface area (Å²) in [5.74, 6) is 1.09. The van der Waals surface area contributed by atoms with E-state index in [1.54, 1.807) is 11.0 Å². The fraction of sp³-hybridized carbons (Fsp3) is 0.407. The van der Waals surface area contributed by atoms with Crippen LogP contribution in [0.5, 0.6) is 11.5 Å². The molecular formula is C27H33NO4. The van der Waals surface area contributed by atoms with Crippen LogP contribution in [0.2, 0.25) is 0 Å². The molecule has 0 saturated carbocycles. The van der Waals surface area contributed by atoms with Gasteiger partial charge in [-0.2, -0.15) is 0 Å². The highest BCUT2D eigenvalue weighted by Crippen LogP contribution is 2.44. The third kappa shape index (κ3) is 4.57. The highest BCUT2D eigenvalue weighted by Gasteiger charge is 2.38. The van der Waals surface area contributed by atoms with Crippen LogP contribution in [0, 0.1) is 20.8 Å². The topological polar surface area (TPSA) is 55.8 Å². The number of carbonyl (C=O) groups is 2. The Morgan fingerprint density at radius 3 is 2.44 bits per heavy atom. The molecule has 0 saturated heterocycles. The Labute approximate surface area is 191 Å². The van der Waals surface area contributed by atoms with Crippen LogP contribution in [0.3, 0.4) is 0 Å². The Hall–Kier alpha value is -3.08. The van der Waals surface area contributed by atoms with E-state index >= 15 is 0 Å². The summed E-state index contributed by atoms with van der Waals surface area (Å²) in [6, 6.07) is 9.52. The number of fused-ring (bicyclic) bond motifs is 1. The van der Waals surface area contributed by atoms with E-state index in [1.807, 2.05) is 65.0 Å². The molecule has 0 aromatic heterocycles. The first-order chi connectivity index (χ1) is 15.1. The molecule has 5 heteroatoms. The Kier molecular flexibility index (Phi) is 6.77. The van der Waals surface area contributed by atoms with E-state index in [1.165, 1.54) is 6.92 Å². The van der Waals surface area contributed by atoms with Gasteiger partial charge in [-0.15, -0.1) is 6.58 Å². The number of amides is 1. The molecule has 0 N–H and O–H groups in total. The van der Waals surface area contributed by atoms with Crippen molar-refractivity contribution in [1.82, 2.24) is 0 Å². The van der Waals surface area contributed by atoms with Gasteiger partial charge in [-0.3, -0.25) is 9.59 Å². The lowest BCUT2D eigenvalue weighted by atomic mass is 9.85. The molecule has 0 spiro atoms. The Balaban J connectivity index is 1.91. The lowest BCUT2D eigenvalue weighted by molar-refractivity contribution is -0.132. The number of benzene rings is 2. The minimum Gasteiger partial charge on any atom is -0.486 e. The average Bonchev–Trinajstić information content (AvgIpc) is 2.75. The molecule has 0 aliphatic carbocycles. The molecule has 2 aromatic rings. The van der Waals surface area contributed by atoms with Gasteiger partial charge in [0, 0.05) is 18.2 Å². The van der Waals surface area contributed by atoms with Crippen molar-refractivity contribution in [2.24, 2.45) is 0 Å². The quantitative estimate of drug-likeness (QED) is 0.336. The molecule has 2 atom stereocenters. The summed E-state index contributed by atoms with van der Waals surface area (Å²) in [5.41, 5.74) is 4.02. The molecule has 1 aliphatic heterocycles. The molecule has 3 rings (SSSR count). The standard InChI is InChI=1S/C27H33NO4/c1-8-17(2)28(22-12-10-9-11-13-22)24(30)16-27(7)15-14-23-20(5)25(31-21(6)29)18(3)19(4)26(23)32-27/h8-13,17H,1,14-16H2,2-7H3. The Morgan fingerprint density at radius 1 is 1.19 bits per heavy atom. The Bertz CT molecular complexity index is 1040. The molecule has 5 nitrogen and oxygen atoms in total. The molecule has 0 fully saturated rings. The second kappa shape index (κ2) is 9.19. The highest BCUT2D eigenvalue weighted by atomic mass is 16.5. The minimum absolute atomic E-state index is 0.00261. The zero-order valence-electron chi connectivity index (χ0n) is 20.0. The number of carbonyl (C=O) groups excluding carboxylic acids is 2. The summed E-state index contributed by atoms with van der Waals surface area (Å²) in [7, 11) is 0. The zero-order chi connectivity index (χ0) is 23.6. The number of anilines is 1. The third-order valence-corrected chi connectivity index (χ3v) is 6.39. The number of nitrogens with zero attached hydrogens (tertiary/aromatic N) is 1. The SMILES string of the molecule is C=CC(C)N(C(=O)CC1(C)CCc2c(C)c(OC(C)=O)c(C)c(C)c2O1)c1ccccc1. The predicted molar refractivity (Wildman–Crippen MR) is 128 cm³/mol. The van der Waals surface area contributed by atoms with E-state index in [9.17, 15) is 9.59 Å². The van der Waals surface area contributed by atoms with Gasteiger partial charge in [-0.25, -0.2) is 0 Å². The first-order valence-electron chi connectivity index (χ1n) is 11.1. The van der Waals surface area contributed by atoms with Gasteiger partial charge in [0.1, 0.15) is 17.1 Å². The number of hydrogen-bond donors (Lipinski definition) is 0. The smallest absolute Gasteiger partial charge is 0.308 e. The van der Waals surface area contributed by atoms with Crippen LogP contribution >= 0.6 is 0 Å². The first kappa shape index (κ1) is 23.6. The third-order valence-electron chi connectivity index (χ3n) is 6.39. The summed E-state index contributed by atoms with van der Waals surface area (Å²) in [4.78, 5) is 26.8. The van der Waals surface area contributed by atoms with Gasteiger partial charge in [0.05, 0.1) is 12.5 Å². The monoisotopic (exact) mass is 435 g/mol. The van der Waals surface area contributed by atoms with Gasteiger partial charge >= 0.3 is 5.97 Å². The van der Waals surface area contributed by atoms with E-state index < -0.39 is 5.60 Å². The second-order valence-electron chi connectivity index (χ2n) is 8.91. The van der Waals surface area contributed by atoms with Crippen molar-refractivity contribution in [3.8, 4) is 11.5 Å². The van der Waals surface area contributed by atoms with Crippen molar-refractivity contribution in [2.75, 3.05) is 4.90 Å². The largest absolute Gasteiger partial charge is 0.486 e. The van der Waals surface area contributed by atoms with Gasteiger partial charge in [-0.1, -0.05) is 24.3 Å². The second-order valence-corrected chi connectivity index (χ2v) is 8.91. The van der Waals surface area contributed by atoms with E-state index in [4.69, 9.17) is 9.47 Å². The molecule has 32 heavy (non-hydrogen) atoms. The molecule has 2 unspecified atom stereocenters. The molecular weight excluding hydrogens is 402 g/mol. The van der Waals surface area contributed by atoms with Gasteiger partial charge < -0.3 is 14.4 Å². The molecule has 1 heterocycles. The maximum Gasteiger partial charge on any atom is 0.308 e. The number of hydrogen-bond acceptors (Lipinski definition) is 4. The fourth-order valence-electron chi connectivity index (χ4n) is 4.41. The number of esters is 1. The summed E-state index contributed by atoms with van der Waals surface area (Å²) in [6.07, 6.45) is 3.48. The van der Waals surface area contributed by atoms with Crippen molar-refractivity contribution in [3.05, 3.63) is 65.2 Å². The van der Waals surface area contributed by atoms with Crippen molar-refractivity contribution in [1.29, 1.82) is 0 Å². The normalized spacial score (nSPS) is 18.2. The molecule has 1 amide bonds. The van der Waals surface area contributed by atoms with Crippen LogP contribution in [0.4, 0.5) is 5.69 Å². The van der Waals surface area contributed by atoms with E-state index in [2.05, 4.69) is 6.58 Å². The molecule has 0 radical (unpaired) electrons. The van der Waals surface area contributed by atoms with Crippen LogP contribution < -0.4 is 14.4 Å². The fourth-order valence-corrected chi connectivity index (χ4v) is 4.41. The van der Waals surface area contributed by atoms with Crippen LogP contribution in [-0.2, 0) is 16.0 Å². The van der Waals surface area contributed by atoms with Crippen molar-refractivity contribution < 1.29 is 19.1 Å². The molecule has 2 aromatic carbocycles. The molecule has 0 bridgehead atoms. The number of ether oxygens (including phenoxy) is 2. The molecule has 170 valence electrons. The average molecular weight is 436 g/mol. The van der Waals surface area contributed by atoms with Gasteiger partial charge in [0.2, 0.25) is 5.91 Å². The summed E-state index contributed by atoms with van der Waals surface area (Å²) >= 11 is 0. The summed E-state index contributed by atoms with van der Waals surface area (Å²) in [5, 5.41) is 0. The number of para-hydroxylation sites is 1. The highest BCUT2D eigenvalue weighted by molar-refractivity contribution is 5.95. The Morgan fingerprint density at radius 2 is 1.84 bits per heavy atom. The van der Waals surface area contributed by atoms with Gasteiger partial charge in [-0.05, 0) is 76.3 Å². The van der Waals surface area contributed by atoms with E-state index in [0.717, 1.165) is 40.1 Å². The van der Waals surface area contributed by atoms with E-state index in [0.29, 0.717) is 12.2 Å². The lowest BCUT2D eigenvalue weighted by Crippen LogP contribution is -2.46. The summed E-state index contributed by atoms with van der Waals surface area (Å²) in [6.45, 7) is 15.1. The molecule has 1 aliphatic rings. The number of rotatable bonds is 6. The van der Waals surface area contributed by atoms with Crippen molar-refractivity contribution >= 4 is 17.6 Å². The van der Waals surface area contributed by atoms with Crippen molar-refractivity contribution in [3.63, 3.8) is 0 Å². The minimum atomic E-state index is -0.634.